The molecule has 2 amide bonds. The molecule has 0 aliphatic rings. The smallest absolute Gasteiger partial charge is 0.322 e. The summed E-state index contributed by atoms with van der Waals surface area (Å²) < 4.78 is 5.39. The van der Waals surface area contributed by atoms with Gasteiger partial charge in [0.2, 0.25) is 0 Å². The number of anilines is 1. The van der Waals surface area contributed by atoms with Gasteiger partial charge in [-0.3, -0.25) is 9.78 Å². The molecule has 3 N–H and O–H groups in total. The summed E-state index contributed by atoms with van der Waals surface area (Å²) in [5, 5.41) is 13.0. The Kier molecular flexibility index (Phi) is 6.46. The lowest BCUT2D eigenvalue weighted by atomic mass is 10.1. The molecule has 0 radical (unpaired) electrons. The number of hydrogen-bond acceptors (Lipinski definition) is 5. The fourth-order valence-electron chi connectivity index (χ4n) is 2.96. The molecule has 1 aromatic carbocycles. The number of ether oxygens (including phenoxy) is 1. The predicted octanol–water partition coefficient (Wildman–Crippen LogP) is 2.66. The quantitative estimate of drug-likeness (QED) is 0.569. The summed E-state index contributed by atoms with van der Waals surface area (Å²) in [5.74, 6) is 0.713. The van der Waals surface area contributed by atoms with Gasteiger partial charge in [0.05, 0.1) is 31.5 Å². The van der Waals surface area contributed by atoms with E-state index in [9.17, 15) is 14.7 Å². The number of aliphatic hydroxyl groups is 1. The SMILES string of the molecule is CCOc1ccc(NC(=O)N(CCO)Cc2cc3cc(C)ncc3[nH]c2=O)cc1. The molecule has 29 heavy (non-hydrogen) atoms. The Morgan fingerprint density at radius 1 is 1.28 bits per heavy atom. The Labute approximate surface area is 168 Å². The number of aryl methyl sites for hydroxylation is 1. The molecule has 3 rings (SSSR count). The highest BCUT2D eigenvalue weighted by atomic mass is 16.5. The van der Waals surface area contributed by atoms with E-state index in [1.54, 1.807) is 36.5 Å². The van der Waals surface area contributed by atoms with Crippen LogP contribution in [-0.4, -0.2) is 45.8 Å². The lowest BCUT2D eigenvalue weighted by Gasteiger charge is -2.22. The molecule has 0 spiro atoms. The number of carbonyl (C=O) groups excluding carboxylic acids is 1. The van der Waals surface area contributed by atoms with Crippen molar-refractivity contribution in [2.75, 3.05) is 25.1 Å². The Hall–Kier alpha value is -3.39. The van der Waals surface area contributed by atoms with Crippen LogP contribution in [0.3, 0.4) is 0 Å². The van der Waals surface area contributed by atoms with Crippen LogP contribution in [0.25, 0.3) is 10.9 Å². The van der Waals surface area contributed by atoms with Gasteiger partial charge in [-0.1, -0.05) is 0 Å². The van der Waals surface area contributed by atoms with E-state index in [4.69, 9.17) is 4.74 Å². The average molecular weight is 396 g/mol. The first-order valence-corrected chi connectivity index (χ1v) is 9.38. The third-order valence-electron chi connectivity index (χ3n) is 4.38. The highest BCUT2D eigenvalue weighted by molar-refractivity contribution is 5.89. The molecule has 0 unspecified atom stereocenters. The predicted molar refractivity (Wildman–Crippen MR) is 111 cm³/mol. The highest BCUT2D eigenvalue weighted by Crippen LogP contribution is 2.17. The second-order valence-corrected chi connectivity index (χ2v) is 6.57. The maximum Gasteiger partial charge on any atom is 0.322 e. The number of nitrogens with zero attached hydrogens (tertiary/aromatic N) is 2. The molecule has 0 aliphatic carbocycles. The van der Waals surface area contributed by atoms with Crippen LogP contribution in [0, 0.1) is 6.92 Å². The average Bonchev–Trinajstić information content (AvgIpc) is 2.70. The lowest BCUT2D eigenvalue weighted by molar-refractivity contribution is 0.185. The van der Waals surface area contributed by atoms with Crippen molar-refractivity contribution >= 4 is 22.6 Å². The minimum atomic E-state index is -0.409. The number of amides is 2. The van der Waals surface area contributed by atoms with Crippen molar-refractivity contribution < 1.29 is 14.6 Å². The van der Waals surface area contributed by atoms with Crippen molar-refractivity contribution in [3.05, 3.63) is 64.2 Å². The number of fused-ring (bicyclic) bond motifs is 1. The van der Waals surface area contributed by atoms with E-state index in [0.29, 0.717) is 29.1 Å². The van der Waals surface area contributed by atoms with Crippen LogP contribution in [0.5, 0.6) is 5.75 Å². The summed E-state index contributed by atoms with van der Waals surface area (Å²) in [6.07, 6.45) is 1.61. The minimum Gasteiger partial charge on any atom is -0.494 e. The zero-order valence-electron chi connectivity index (χ0n) is 16.4. The molecule has 0 saturated heterocycles. The Morgan fingerprint density at radius 2 is 2.03 bits per heavy atom. The van der Waals surface area contributed by atoms with Crippen LogP contribution >= 0.6 is 0 Å². The molecule has 8 nitrogen and oxygen atoms in total. The van der Waals surface area contributed by atoms with Crippen molar-refractivity contribution in [1.29, 1.82) is 0 Å². The number of aromatic nitrogens is 2. The molecular weight excluding hydrogens is 372 g/mol. The first-order chi connectivity index (χ1) is 14.0. The molecule has 0 fully saturated rings. The van der Waals surface area contributed by atoms with Crippen molar-refractivity contribution in [3.8, 4) is 5.75 Å². The molecule has 2 heterocycles. The second kappa shape index (κ2) is 9.20. The van der Waals surface area contributed by atoms with Gasteiger partial charge in [-0.2, -0.15) is 0 Å². The van der Waals surface area contributed by atoms with Crippen molar-refractivity contribution in [3.63, 3.8) is 0 Å². The first kappa shape index (κ1) is 20.3. The Balaban J connectivity index is 1.78. The summed E-state index contributed by atoms with van der Waals surface area (Å²) >= 11 is 0. The highest BCUT2D eigenvalue weighted by Gasteiger charge is 2.16. The minimum absolute atomic E-state index is 0.0655. The number of benzene rings is 1. The van der Waals surface area contributed by atoms with E-state index in [2.05, 4.69) is 15.3 Å². The van der Waals surface area contributed by atoms with Crippen molar-refractivity contribution in [2.45, 2.75) is 20.4 Å². The fraction of sp³-hybridized carbons (Fsp3) is 0.286. The maximum atomic E-state index is 12.7. The fourth-order valence-corrected chi connectivity index (χ4v) is 2.96. The van der Waals surface area contributed by atoms with Crippen LogP contribution in [0.1, 0.15) is 18.2 Å². The second-order valence-electron chi connectivity index (χ2n) is 6.57. The monoisotopic (exact) mass is 396 g/mol. The number of carbonyl (C=O) groups is 1. The number of rotatable bonds is 7. The molecular formula is C21H24N4O4. The molecule has 3 aromatic rings. The van der Waals surface area contributed by atoms with Gasteiger partial charge in [-0.15, -0.1) is 0 Å². The van der Waals surface area contributed by atoms with Gasteiger partial charge in [0.15, 0.2) is 0 Å². The zero-order chi connectivity index (χ0) is 20.8. The summed E-state index contributed by atoms with van der Waals surface area (Å²) in [7, 11) is 0. The van der Waals surface area contributed by atoms with Crippen molar-refractivity contribution in [2.24, 2.45) is 0 Å². The van der Waals surface area contributed by atoms with Crippen molar-refractivity contribution in [1.82, 2.24) is 14.9 Å². The number of aliphatic hydroxyl groups excluding tert-OH is 1. The van der Waals surface area contributed by atoms with E-state index < -0.39 is 6.03 Å². The van der Waals surface area contributed by atoms with Crippen LogP contribution in [0.2, 0.25) is 0 Å². The van der Waals surface area contributed by atoms with E-state index >= 15 is 0 Å². The molecule has 0 bridgehead atoms. The Bertz CT molecular complexity index is 1050. The van der Waals surface area contributed by atoms with Crippen LogP contribution in [0.15, 0.2) is 47.4 Å². The van der Waals surface area contributed by atoms with Gasteiger partial charge < -0.3 is 25.0 Å². The van der Waals surface area contributed by atoms with Gasteiger partial charge in [0.1, 0.15) is 5.75 Å². The molecule has 8 heteroatoms. The number of aromatic amines is 1. The summed E-state index contributed by atoms with van der Waals surface area (Å²) in [5.41, 5.74) is 2.20. The van der Waals surface area contributed by atoms with E-state index in [1.165, 1.54) is 4.90 Å². The topological polar surface area (TPSA) is 108 Å². The maximum absolute atomic E-state index is 12.7. The number of urea groups is 1. The Morgan fingerprint density at radius 3 is 2.72 bits per heavy atom. The largest absolute Gasteiger partial charge is 0.494 e. The standard InChI is InChI=1S/C21H24N4O4/c1-3-29-18-6-4-17(5-7-18)23-21(28)25(8-9-26)13-16-11-15-10-14(2)22-12-19(15)24-20(16)27/h4-7,10-12,26H,3,8-9,13H2,1-2H3,(H,23,28)(H,24,27). The summed E-state index contributed by atoms with van der Waals surface area (Å²) in [4.78, 5) is 33.5. The molecule has 0 aliphatic heterocycles. The van der Waals surface area contributed by atoms with Gasteiger partial charge in [0.25, 0.3) is 5.56 Å². The third-order valence-corrected chi connectivity index (χ3v) is 4.38. The number of hydrogen-bond donors (Lipinski definition) is 3. The normalized spacial score (nSPS) is 10.7. The van der Waals surface area contributed by atoms with Crippen LogP contribution in [0.4, 0.5) is 10.5 Å². The van der Waals surface area contributed by atoms with Crippen LogP contribution < -0.4 is 15.6 Å². The third kappa shape index (κ3) is 5.11. The molecule has 152 valence electrons. The molecule has 0 atom stereocenters. The molecule has 2 aromatic heterocycles. The lowest BCUT2D eigenvalue weighted by Crippen LogP contribution is -2.38. The van der Waals surface area contributed by atoms with E-state index in [0.717, 1.165) is 11.1 Å². The van der Waals surface area contributed by atoms with E-state index in [-0.39, 0.29) is 25.3 Å². The summed E-state index contributed by atoms with van der Waals surface area (Å²) in [6.45, 7) is 4.27. The number of pyridine rings is 2. The van der Waals surface area contributed by atoms with Gasteiger partial charge >= 0.3 is 6.03 Å². The van der Waals surface area contributed by atoms with Crippen LogP contribution in [-0.2, 0) is 6.54 Å². The number of nitrogens with one attached hydrogen (secondary N) is 2. The first-order valence-electron chi connectivity index (χ1n) is 9.38. The van der Waals surface area contributed by atoms with E-state index in [1.807, 2.05) is 19.9 Å². The van der Waals surface area contributed by atoms with Gasteiger partial charge in [-0.05, 0) is 50.2 Å². The molecule has 0 saturated carbocycles. The zero-order valence-corrected chi connectivity index (χ0v) is 16.4. The summed E-state index contributed by atoms with van der Waals surface area (Å²) in [6, 6.07) is 10.2. The van der Waals surface area contributed by atoms with Gasteiger partial charge in [-0.25, -0.2) is 4.79 Å². The number of H-pyrrole nitrogens is 1. The van der Waals surface area contributed by atoms with Gasteiger partial charge in [0, 0.05) is 28.9 Å².